The number of H-pyrrole nitrogens is 1. The molecule has 1 unspecified atom stereocenters. The first-order valence-electron chi connectivity index (χ1n) is 8.26. The van der Waals surface area contributed by atoms with Crippen molar-refractivity contribution in [1.82, 2.24) is 9.88 Å². The van der Waals surface area contributed by atoms with Crippen LogP contribution >= 0.6 is 0 Å². The Labute approximate surface area is 139 Å². The number of benzene rings is 1. The van der Waals surface area contributed by atoms with Crippen LogP contribution < -0.4 is 5.63 Å². The van der Waals surface area contributed by atoms with Crippen molar-refractivity contribution in [2.75, 3.05) is 6.54 Å². The van der Waals surface area contributed by atoms with Gasteiger partial charge in [0.2, 0.25) is 0 Å². The molecule has 0 amide bonds. The third-order valence-electron chi connectivity index (χ3n) is 4.94. The Bertz CT molecular complexity index is 928. The predicted octanol–water partition coefficient (Wildman–Crippen LogP) is 3.47. The molecule has 1 fully saturated rings. The first-order chi connectivity index (χ1) is 11.6. The molecular weight excluding hydrogens is 304 g/mol. The number of fused-ring (bicyclic) bond motifs is 1. The van der Waals surface area contributed by atoms with E-state index in [9.17, 15) is 9.90 Å². The highest BCUT2D eigenvalue weighted by Crippen LogP contribution is 2.34. The summed E-state index contributed by atoms with van der Waals surface area (Å²) in [6, 6.07) is 9.54. The average Bonchev–Trinajstić information content (AvgIpc) is 3.22. The number of hydrogen-bond donors (Lipinski definition) is 2. The van der Waals surface area contributed by atoms with Crippen molar-refractivity contribution in [3.63, 3.8) is 0 Å². The maximum absolute atomic E-state index is 12.0. The number of phenols is 1. The fraction of sp³-hybridized carbons (Fsp3) is 0.316. The van der Waals surface area contributed by atoms with Gasteiger partial charge >= 0.3 is 5.63 Å². The molecule has 5 nitrogen and oxygen atoms in total. The molecule has 0 aliphatic carbocycles. The lowest BCUT2D eigenvalue weighted by Crippen LogP contribution is -2.23. The predicted molar refractivity (Wildman–Crippen MR) is 92.1 cm³/mol. The van der Waals surface area contributed by atoms with Gasteiger partial charge in [0.25, 0.3) is 0 Å². The van der Waals surface area contributed by atoms with Crippen molar-refractivity contribution in [2.24, 2.45) is 0 Å². The molecule has 24 heavy (non-hydrogen) atoms. The molecule has 4 rings (SSSR count). The molecule has 2 N–H and O–H groups in total. The lowest BCUT2D eigenvalue weighted by molar-refractivity contribution is 0.245. The van der Waals surface area contributed by atoms with Crippen LogP contribution in [-0.2, 0) is 6.54 Å². The van der Waals surface area contributed by atoms with Crippen molar-refractivity contribution in [3.05, 3.63) is 63.8 Å². The average molecular weight is 324 g/mol. The van der Waals surface area contributed by atoms with Gasteiger partial charge in [-0.05, 0) is 56.1 Å². The fourth-order valence-corrected chi connectivity index (χ4v) is 3.68. The molecule has 1 saturated heterocycles. The van der Waals surface area contributed by atoms with E-state index in [-0.39, 0.29) is 11.4 Å². The van der Waals surface area contributed by atoms with Gasteiger partial charge in [0.05, 0.1) is 6.04 Å². The molecule has 3 aromatic rings. The van der Waals surface area contributed by atoms with E-state index < -0.39 is 0 Å². The van der Waals surface area contributed by atoms with Crippen LogP contribution in [0, 0.1) is 6.92 Å². The SMILES string of the molecule is Cc1c(O)ccc2c(CN3CCCC3c3ccc[nH]3)cc(=O)oc12. The van der Waals surface area contributed by atoms with Crippen molar-refractivity contribution in [3.8, 4) is 5.75 Å². The Morgan fingerprint density at radius 2 is 2.25 bits per heavy atom. The maximum Gasteiger partial charge on any atom is 0.336 e. The third kappa shape index (κ3) is 2.51. The van der Waals surface area contributed by atoms with Gasteiger partial charge in [-0.3, -0.25) is 4.90 Å². The van der Waals surface area contributed by atoms with Crippen molar-refractivity contribution in [2.45, 2.75) is 32.4 Å². The number of aromatic amines is 1. The topological polar surface area (TPSA) is 69.5 Å². The molecule has 0 saturated carbocycles. The zero-order valence-corrected chi connectivity index (χ0v) is 13.6. The summed E-state index contributed by atoms with van der Waals surface area (Å²) in [4.78, 5) is 17.7. The van der Waals surface area contributed by atoms with Gasteiger partial charge < -0.3 is 14.5 Å². The van der Waals surface area contributed by atoms with Gasteiger partial charge in [-0.15, -0.1) is 0 Å². The van der Waals surface area contributed by atoms with Gasteiger partial charge in [-0.1, -0.05) is 0 Å². The first kappa shape index (κ1) is 15.0. The normalized spacial score (nSPS) is 18.5. The molecule has 124 valence electrons. The minimum atomic E-state index is -0.373. The quantitative estimate of drug-likeness (QED) is 0.724. The molecule has 0 spiro atoms. The smallest absolute Gasteiger partial charge is 0.336 e. The standard InChI is InChI=1S/C19H20N2O3/c1-12-17(22)7-6-14-13(10-18(23)24-19(12)14)11-21-9-3-5-16(21)15-4-2-8-20-15/h2,4,6-8,10,16,20,22H,3,5,9,11H2,1H3. The molecule has 3 heterocycles. The van der Waals surface area contributed by atoms with Crippen molar-refractivity contribution < 1.29 is 9.52 Å². The zero-order chi connectivity index (χ0) is 16.7. The van der Waals surface area contributed by atoms with Crippen LogP contribution in [0.1, 0.15) is 35.7 Å². The molecule has 1 aliphatic heterocycles. The molecule has 0 bridgehead atoms. The molecular formula is C19H20N2O3. The van der Waals surface area contributed by atoms with E-state index in [1.807, 2.05) is 18.3 Å². The van der Waals surface area contributed by atoms with Gasteiger partial charge in [0, 0.05) is 35.5 Å². The number of aryl methyl sites for hydroxylation is 1. The van der Waals surface area contributed by atoms with Crippen LogP contribution in [0.15, 0.2) is 45.7 Å². The molecule has 1 aromatic carbocycles. The zero-order valence-electron chi connectivity index (χ0n) is 13.6. The molecule has 5 heteroatoms. The van der Waals surface area contributed by atoms with E-state index in [1.165, 1.54) is 5.69 Å². The second kappa shape index (κ2) is 5.83. The molecule has 1 aliphatic rings. The number of nitrogens with one attached hydrogen (secondary N) is 1. The highest BCUT2D eigenvalue weighted by atomic mass is 16.4. The fourth-order valence-electron chi connectivity index (χ4n) is 3.68. The highest BCUT2D eigenvalue weighted by Gasteiger charge is 2.27. The Balaban J connectivity index is 1.74. The second-order valence-electron chi connectivity index (χ2n) is 6.43. The number of likely N-dealkylation sites (tertiary alicyclic amines) is 1. The Hall–Kier alpha value is -2.53. The van der Waals surface area contributed by atoms with Crippen molar-refractivity contribution in [1.29, 1.82) is 0 Å². The first-order valence-corrected chi connectivity index (χ1v) is 8.26. The minimum Gasteiger partial charge on any atom is -0.508 e. The summed E-state index contributed by atoms with van der Waals surface area (Å²) >= 11 is 0. The van der Waals surface area contributed by atoms with E-state index in [0.717, 1.165) is 30.3 Å². The summed E-state index contributed by atoms with van der Waals surface area (Å²) in [6.07, 6.45) is 4.20. The molecule has 1 atom stereocenters. The van der Waals surface area contributed by atoms with Crippen LogP contribution in [0.25, 0.3) is 11.0 Å². The summed E-state index contributed by atoms with van der Waals surface area (Å²) < 4.78 is 5.34. The lowest BCUT2D eigenvalue weighted by Gasteiger charge is -2.24. The van der Waals surface area contributed by atoms with E-state index in [1.54, 1.807) is 19.1 Å². The van der Waals surface area contributed by atoms with E-state index in [4.69, 9.17) is 4.42 Å². The van der Waals surface area contributed by atoms with Crippen LogP contribution in [0.4, 0.5) is 0 Å². The maximum atomic E-state index is 12.0. The summed E-state index contributed by atoms with van der Waals surface area (Å²) in [5.41, 5.74) is 2.88. The number of aromatic nitrogens is 1. The van der Waals surface area contributed by atoms with Crippen LogP contribution in [-0.4, -0.2) is 21.5 Å². The molecule has 2 aromatic heterocycles. The van der Waals surface area contributed by atoms with Gasteiger partial charge in [-0.2, -0.15) is 0 Å². The summed E-state index contributed by atoms with van der Waals surface area (Å²) in [7, 11) is 0. The van der Waals surface area contributed by atoms with Crippen LogP contribution in [0.2, 0.25) is 0 Å². The second-order valence-corrected chi connectivity index (χ2v) is 6.43. The lowest BCUT2D eigenvalue weighted by atomic mass is 10.1. The number of hydrogen-bond acceptors (Lipinski definition) is 4. The highest BCUT2D eigenvalue weighted by molar-refractivity contribution is 5.84. The number of rotatable bonds is 3. The van der Waals surface area contributed by atoms with Gasteiger partial charge in [-0.25, -0.2) is 4.79 Å². The van der Waals surface area contributed by atoms with E-state index in [0.29, 0.717) is 23.7 Å². The van der Waals surface area contributed by atoms with Gasteiger partial charge in [0.15, 0.2) is 0 Å². The molecule has 0 radical (unpaired) electrons. The Morgan fingerprint density at radius 3 is 3.04 bits per heavy atom. The number of phenolic OH excluding ortho intramolecular Hbond substituents is 1. The van der Waals surface area contributed by atoms with Crippen molar-refractivity contribution >= 4 is 11.0 Å². The summed E-state index contributed by atoms with van der Waals surface area (Å²) in [5.74, 6) is 0.147. The van der Waals surface area contributed by atoms with E-state index in [2.05, 4.69) is 16.0 Å². The monoisotopic (exact) mass is 324 g/mol. The Kier molecular flexibility index (Phi) is 3.65. The van der Waals surface area contributed by atoms with Crippen LogP contribution in [0.5, 0.6) is 5.75 Å². The summed E-state index contributed by atoms with van der Waals surface area (Å²) in [5, 5.41) is 10.8. The third-order valence-corrected chi connectivity index (χ3v) is 4.94. The minimum absolute atomic E-state index is 0.147. The van der Waals surface area contributed by atoms with E-state index >= 15 is 0 Å². The largest absolute Gasteiger partial charge is 0.508 e. The Morgan fingerprint density at radius 1 is 1.38 bits per heavy atom. The number of aromatic hydroxyl groups is 1. The van der Waals surface area contributed by atoms with Crippen LogP contribution in [0.3, 0.4) is 0 Å². The van der Waals surface area contributed by atoms with Gasteiger partial charge in [0.1, 0.15) is 11.3 Å². The summed E-state index contributed by atoms with van der Waals surface area (Å²) in [6.45, 7) is 3.46. The number of nitrogens with zero attached hydrogens (tertiary/aromatic N) is 1.